The average molecular weight is 570 g/mol. The number of hydrogen-bond acceptors (Lipinski definition) is 6. The van der Waals surface area contributed by atoms with E-state index in [4.69, 9.17) is 4.18 Å². The van der Waals surface area contributed by atoms with Crippen molar-refractivity contribution in [2.45, 2.75) is 46.1 Å². The molecule has 0 radical (unpaired) electrons. The van der Waals surface area contributed by atoms with Crippen LogP contribution in [0, 0.1) is 11.7 Å². The van der Waals surface area contributed by atoms with Gasteiger partial charge in [0.1, 0.15) is 16.5 Å². The Morgan fingerprint density at radius 3 is 2.20 bits per heavy atom. The molecule has 0 heterocycles. The Morgan fingerprint density at radius 1 is 0.975 bits per heavy atom. The molecule has 0 aliphatic carbocycles. The summed E-state index contributed by atoms with van der Waals surface area (Å²) in [5, 5.41) is 2.60. The number of carbonyl (C=O) groups excluding carboxylic acids is 2. The molecule has 214 valence electrons. The predicted octanol–water partition coefficient (Wildman–Crippen LogP) is 5.70. The summed E-state index contributed by atoms with van der Waals surface area (Å²) in [6, 6.07) is 16.7. The number of nitrogens with zero attached hydrogens (tertiary/aromatic N) is 2. The van der Waals surface area contributed by atoms with Gasteiger partial charge < -0.3 is 19.3 Å². The summed E-state index contributed by atoms with van der Waals surface area (Å²) in [7, 11) is -4.27. The minimum atomic E-state index is -4.27. The fourth-order valence-electron chi connectivity index (χ4n) is 4.28. The first-order chi connectivity index (χ1) is 18.9. The van der Waals surface area contributed by atoms with E-state index in [1.54, 1.807) is 18.2 Å². The summed E-state index contributed by atoms with van der Waals surface area (Å²) in [4.78, 5) is 28.1. The van der Waals surface area contributed by atoms with E-state index in [1.807, 2.05) is 38.7 Å². The van der Waals surface area contributed by atoms with Gasteiger partial charge in [0.05, 0.1) is 5.56 Å². The van der Waals surface area contributed by atoms with E-state index in [2.05, 4.69) is 5.32 Å². The molecule has 0 aliphatic rings. The van der Waals surface area contributed by atoms with Crippen LogP contribution in [0.4, 0.5) is 15.8 Å². The summed E-state index contributed by atoms with van der Waals surface area (Å²) in [6.45, 7) is 10.9. The van der Waals surface area contributed by atoms with Gasteiger partial charge in [-0.3, -0.25) is 9.59 Å². The van der Waals surface area contributed by atoms with E-state index in [-0.39, 0.29) is 34.6 Å². The zero-order chi connectivity index (χ0) is 29.4. The second kappa shape index (κ2) is 13.4. The van der Waals surface area contributed by atoms with Crippen LogP contribution in [0.2, 0.25) is 0 Å². The van der Waals surface area contributed by atoms with Crippen molar-refractivity contribution in [2.24, 2.45) is 5.92 Å². The van der Waals surface area contributed by atoms with Crippen LogP contribution in [0.15, 0.2) is 71.6 Å². The second-order valence-corrected chi connectivity index (χ2v) is 11.3. The lowest BCUT2D eigenvalue weighted by molar-refractivity contribution is -0.114. The van der Waals surface area contributed by atoms with Crippen molar-refractivity contribution in [1.29, 1.82) is 0 Å². The van der Waals surface area contributed by atoms with Gasteiger partial charge in [0.15, 0.2) is 0 Å². The molecular weight excluding hydrogens is 533 g/mol. The molecule has 40 heavy (non-hydrogen) atoms. The molecule has 0 spiro atoms. The number of benzene rings is 3. The molecule has 8 nitrogen and oxygen atoms in total. The van der Waals surface area contributed by atoms with Crippen molar-refractivity contribution in [3.63, 3.8) is 0 Å². The summed E-state index contributed by atoms with van der Waals surface area (Å²) >= 11 is 0. The molecule has 3 rings (SSSR count). The van der Waals surface area contributed by atoms with Crippen LogP contribution >= 0.6 is 0 Å². The highest BCUT2D eigenvalue weighted by molar-refractivity contribution is 7.87. The summed E-state index contributed by atoms with van der Waals surface area (Å²) in [5.74, 6) is -1.26. The lowest BCUT2D eigenvalue weighted by atomic mass is 10.1. The third-order valence-corrected chi connectivity index (χ3v) is 7.43. The average Bonchev–Trinajstić information content (AvgIpc) is 2.89. The van der Waals surface area contributed by atoms with Gasteiger partial charge in [0.25, 0.3) is 5.91 Å². The number of rotatable bonds is 12. The highest BCUT2D eigenvalue weighted by Crippen LogP contribution is 2.31. The Bertz CT molecular complexity index is 1440. The third kappa shape index (κ3) is 7.81. The van der Waals surface area contributed by atoms with Gasteiger partial charge in [0.2, 0.25) is 5.91 Å². The van der Waals surface area contributed by atoms with Crippen molar-refractivity contribution in [3.8, 4) is 5.75 Å². The van der Waals surface area contributed by atoms with Crippen molar-refractivity contribution in [2.75, 3.05) is 29.9 Å². The van der Waals surface area contributed by atoms with Gasteiger partial charge in [-0.1, -0.05) is 32.0 Å². The summed E-state index contributed by atoms with van der Waals surface area (Å²) in [5.41, 5.74) is 1.61. The Labute approximate surface area is 235 Å². The molecule has 0 fully saturated rings. The van der Waals surface area contributed by atoms with E-state index >= 15 is 0 Å². The van der Waals surface area contributed by atoms with Gasteiger partial charge in [-0.05, 0) is 62.2 Å². The lowest BCUT2D eigenvalue weighted by Gasteiger charge is -2.27. The van der Waals surface area contributed by atoms with Crippen molar-refractivity contribution >= 4 is 33.3 Å². The predicted molar refractivity (Wildman–Crippen MR) is 155 cm³/mol. The molecule has 0 aliphatic heterocycles. The third-order valence-electron chi connectivity index (χ3n) is 6.18. The topological polar surface area (TPSA) is 96.0 Å². The largest absolute Gasteiger partial charge is 0.379 e. The number of carbonyl (C=O) groups is 2. The van der Waals surface area contributed by atoms with Crippen LogP contribution in [-0.2, 0) is 21.5 Å². The van der Waals surface area contributed by atoms with E-state index in [0.717, 1.165) is 5.69 Å². The van der Waals surface area contributed by atoms with Gasteiger partial charge in [-0.15, -0.1) is 0 Å². The zero-order valence-electron chi connectivity index (χ0n) is 23.5. The molecule has 0 unspecified atom stereocenters. The highest BCUT2D eigenvalue weighted by atomic mass is 32.2. The Kier molecular flexibility index (Phi) is 10.3. The van der Waals surface area contributed by atoms with E-state index < -0.39 is 21.8 Å². The molecule has 0 saturated carbocycles. The first-order valence-electron chi connectivity index (χ1n) is 13.2. The SMILES string of the molecule is CCN(CC)c1ccc(CN(CC(C)C)C(=O)c2ccccc2F)c(OS(=O)(=O)c2ccc(NC(C)=O)cc2)c1. The van der Waals surface area contributed by atoms with Crippen LogP contribution in [0.5, 0.6) is 5.75 Å². The van der Waals surface area contributed by atoms with Crippen LogP contribution < -0.4 is 14.4 Å². The fraction of sp³-hybridized carbons (Fsp3) is 0.333. The molecule has 10 heteroatoms. The maximum Gasteiger partial charge on any atom is 0.339 e. The Hall–Kier alpha value is -3.92. The van der Waals surface area contributed by atoms with E-state index in [9.17, 15) is 22.4 Å². The maximum absolute atomic E-state index is 14.5. The van der Waals surface area contributed by atoms with Crippen LogP contribution in [0.3, 0.4) is 0 Å². The smallest absolute Gasteiger partial charge is 0.339 e. The zero-order valence-corrected chi connectivity index (χ0v) is 24.3. The summed E-state index contributed by atoms with van der Waals surface area (Å²) in [6.07, 6.45) is 0. The van der Waals surface area contributed by atoms with E-state index in [0.29, 0.717) is 30.9 Å². The van der Waals surface area contributed by atoms with Gasteiger partial charge in [-0.2, -0.15) is 8.42 Å². The molecule has 0 atom stereocenters. The maximum atomic E-state index is 14.5. The van der Waals surface area contributed by atoms with Crippen molar-refractivity contribution in [3.05, 3.63) is 83.7 Å². The molecule has 1 N–H and O–H groups in total. The van der Waals surface area contributed by atoms with Crippen LogP contribution in [-0.4, -0.2) is 44.8 Å². The minimum absolute atomic E-state index is 0.0101. The number of amides is 2. The molecule has 3 aromatic rings. The Balaban J connectivity index is 2.02. The molecule has 0 aromatic heterocycles. The fourth-order valence-corrected chi connectivity index (χ4v) is 5.24. The first-order valence-corrected chi connectivity index (χ1v) is 14.6. The molecule has 2 amide bonds. The summed E-state index contributed by atoms with van der Waals surface area (Å²) < 4.78 is 46.8. The number of nitrogens with one attached hydrogen (secondary N) is 1. The quantitative estimate of drug-likeness (QED) is 0.281. The highest BCUT2D eigenvalue weighted by Gasteiger charge is 2.25. The standard InChI is InChI=1S/C30H36FN3O5S/c1-6-33(7-2)25-15-12-23(20-34(19-21(3)4)30(36)27-10-8-9-11-28(27)31)29(18-25)39-40(37,38)26-16-13-24(14-17-26)32-22(5)35/h8-18,21H,6-7,19-20H2,1-5H3,(H,32,35). The van der Waals surface area contributed by atoms with Gasteiger partial charge in [0, 0.05) is 56.1 Å². The van der Waals surface area contributed by atoms with Gasteiger partial charge in [-0.25, -0.2) is 4.39 Å². The van der Waals surface area contributed by atoms with E-state index in [1.165, 1.54) is 54.3 Å². The Morgan fingerprint density at radius 2 is 1.62 bits per heavy atom. The second-order valence-electron chi connectivity index (χ2n) is 9.77. The van der Waals surface area contributed by atoms with Crippen LogP contribution in [0.1, 0.15) is 50.5 Å². The lowest BCUT2D eigenvalue weighted by Crippen LogP contribution is -2.34. The minimum Gasteiger partial charge on any atom is -0.379 e. The number of anilines is 2. The van der Waals surface area contributed by atoms with Crippen molar-refractivity contribution in [1.82, 2.24) is 4.90 Å². The molecule has 0 saturated heterocycles. The normalized spacial score (nSPS) is 11.3. The molecule has 3 aromatic carbocycles. The number of hydrogen-bond donors (Lipinski definition) is 1. The molecule has 0 bridgehead atoms. The van der Waals surface area contributed by atoms with Crippen molar-refractivity contribution < 1.29 is 26.6 Å². The molecular formula is C30H36FN3O5S. The first kappa shape index (κ1) is 30.6. The van der Waals surface area contributed by atoms with Gasteiger partial charge >= 0.3 is 10.1 Å². The number of halogens is 1. The monoisotopic (exact) mass is 569 g/mol. The van der Waals surface area contributed by atoms with Crippen LogP contribution in [0.25, 0.3) is 0 Å².